The number of rotatable bonds is 7. The zero-order valence-corrected chi connectivity index (χ0v) is 22.0. The average Bonchev–Trinajstić information content (AvgIpc) is 2.83. The van der Waals surface area contributed by atoms with Crippen molar-refractivity contribution in [1.29, 1.82) is 0 Å². The van der Waals surface area contributed by atoms with Crippen molar-refractivity contribution >= 4 is 21.9 Å². The molecule has 10 heteroatoms. The topological polar surface area (TPSA) is 104 Å². The van der Waals surface area contributed by atoms with Crippen LogP contribution in [0, 0.1) is 5.82 Å². The minimum Gasteiger partial charge on any atom is -0.457 e. The number of aliphatic hydroxyl groups is 1. The Kier molecular flexibility index (Phi) is 7.52. The number of hydrogen-bond donors (Lipinski definition) is 2. The quantitative estimate of drug-likeness (QED) is 0.478. The van der Waals surface area contributed by atoms with E-state index < -0.39 is 32.7 Å². The molecule has 2 unspecified atom stereocenters. The van der Waals surface area contributed by atoms with Crippen LogP contribution in [0.3, 0.4) is 0 Å². The van der Waals surface area contributed by atoms with Gasteiger partial charge in [-0.2, -0.15) is 0 Å². The lowest BCUT2D eigenvalue weighted by molar-refractivity contribution is 0.0758. The fourth-order valence-electron chi connectivity index (χ4n) is 4.47. The molecule has 1 fully saturated rings. The number of hydrogen-bond acceptors (Lipinski definition) is 7. The van der Waals surface area contributed by atoms with Crippen molar-refractivity contribution in [2.75, 3.05) is 25.6 Å². The highest BCUT2D eigenvalue weighted by Gasteiger charge is 2.48. The highest BCUT2D eigenvalue weighted by atomic mass is 32.2. The molecule has 8 nitrogen and oxygen atoms in total. The smallest absolute Gasteiger partial charge is 0.299 e. The van der Waals surface area contributed by atoms with Crippen LogP contribution in [-0.4, -0.2) is 50.8 Å². The van der Waals surface area contributed by atoms with Crippen LogP contribution in [0.2, 0.25) is 0 Å². The van der Waals surface area contributed by atoms with Gasteiger partial charge in [0.15, 0.2) is 0 Å². The molecule has 0 bridgehead atoms. The van der Waals surface area contributed by atoms with Crippen molar-refractivity contribution in [3.63, 3.8) is 0 Å². The first-order valence-electron chi connectivity index (χ1n) is 11.9. The minimum atomic E-state index is -3.97. The maximum absolute atomic E-state index is 14.4. The highest BCUT2D eigenvalue weighted by molar-refractivity contribution is 7.90. The van der Waals surface area contributed by atoms with Gasteiger partial charge < -0.3 is 14.7 Å². The molecule has 4 rings (SSSR count). The molecular weight excluding hydrogens is 495 g/mol. The van der Waals surface area contributed by atoms with Gasteiger partial charge in [0.05, 0.1) is 11.7 Å². The second kappa shape index (κ2) is 10.5. The summed E-state index contributed by atoms with van der Waals surface area (Å²) in [6, 6.07) is 17.9. The molecule has 2 heterocycles. The van der Waals surface area contributed by atoms with Crippen LogP contribution in [-0.2, 0) is 14.8 Å². The predicted octanol–water partition coefficient (Wildman–Crippen LogP) is 4.20. The molecular formula is C27H31FN4O4S. The normalized spacial score (nSPS) is 20.1. The SMILES string of the molecule is CN(C)c1cccc(-c2ccc(C3C(C)(C)OC(=NC(CCO)c4ccccc4F)NS3(=O)=O)cc2)n1. The van der Waals surface area contributed by atoms with Crippen molar-refractivity contribution in [2.45, 2.75) is 37.2 Å². The van der Waals surface area contributed by atoms with Crippen LogP contribution in [0.4, 0.5) is 10.2 Å². The van der Waals surface area contributed by atoms with E-state index in [1.807, 2.05) is 49.3 Å². The van der Waals surface area contributed by atoms with Crippen LogP contribution < -0.4 is 9.62 Å². The lowest BCUT2D eigenvalue weighted by Crippen LogP contribution is -2.53. The Bertz CT molecular complexity index is 1390. The van der Waals surface area contributed by atoms with Gasteiger partial charge in [0, 0.05) is 31.8 Å². The van der Waals surface area contributed by atoms with E-state index in [9.17, 15) is 17.9 Å². The number of amidine groups is 1. The van der Waals surface area contributed by atoms with E-state index in [2.05, 4.69) is 14.7 Å². The van der Waals surface area contributed by atoms with Gasteiger partial charge >= 0.3 is 0 Å². The summed E-state index contributed by atoms with van der Waals surface area (Å²) in [6.07, 6.45) is 0.101. The standard InChI is InChI=1S/C27H31FN4O4S/c1-27(2)25(19-14-12-18(13-15-19)22-10-7-11-24(29-22)32(3)4)37(34,35)31-26(36-27)30-23(16-17-33)20-8-5-6-9-21(20)28/h5-15,23,25,33H,16-17H2,1-4H3,(H,30,31). The Labute approximate surface area is 216 Å². The molecule has 1 aromatic heterocycles. The summed E-state index contributed by atoms with van der Waals surface area (Å²) in [4.78, 5) is 10.9. The van der Waals surface area contributed by atoms with Gasteiger partial charge in [0.2, 0.25) is 10.0 Å². The molecule has 0 spiro atoms. The molecule has 0 radical (unpaired) electrons. The minimum absolute atomic E-state index is 0.101. The van der Waals surface area contributed by atoms with Gasteiger partial charge in [-0.15, -0.1) is 0 Å². The average molecular weight is 527 g/mol. The van der Waals surface area contributed by atoms with E-state index in [1.54, 1.807) is 44.2 Å². The third-order valence-corrected chi connectivity index (χ3v) is 8.09. The van der Waals surface area contributed by atoms with Crippen LogP contribution in [0.15, 0.2) is 71.7 Å². The fraction of sp³-hybridized carbons (Fsp3) is 0.333. The monoisotopic (exact) mass is 526 g/mol. The molecule has 0 saturated carbocycles. The number of sulfonamides is 1. The number of aliphatic imine (C=N–C) groups is 1. The number of pyridine rings is 1. The van der Waals surface area contributed by atoms with Gasteiger partial charge in [0.1, 0.15) is 22.5 Å². The maximum Gasteiger partial charge on any atom is 0.299 e. The van der Waals surface area contributed by atoms with Crippen LogP contribution >= 0.6 is 0 Å². The summed E-state index contributed by atoms with van der Waals surface area (Å²) in [7, 11) is -0.136. The first-order valence-corrected chi connectivity index (χ1v) is 13.4. The number of anilines is 1. The van der Waals surface area contributed by atoms with Gasteiger partial charge in [-0.25, -0.2) is 27.5 Å². The Morgan fingerprint density at radius 2 is 1.81 bits per heavy atom. The summed E-state index contributed by atoms with van der Waals surface area (Å²) >= 11 is 0. The third-order valence-electron chi connectivity index (χ3n) is 6.17. The lowest BCUT2D eigenvalue weighted by atomic mass is 9.96. The number of halogens is 1. The molecule has 0 aliphatic carbocycles. The van der Waals surface area contributed by atoms with Crippen molar-refractivity contribution in [2.24, 2.45) is 4.99 Å². The first kappa shape index (κ1) is 26.6. The largest absolute Gasteiger partial charge is 0.457 e. The summed E-state index contributed by atoms with van der Waals surface area (Å²) < 4.78 is 49.6. The number of benzene rings is 2. The van der Waals surface area contributed by atoms with Gasteiger partial charge in [-0.3, -0.25) is 0 Å². The van der Waals surface area contributed by atoms with Crippen LogP contribution in [0.5, 0.6) is 0 Å². The number of aromatic nitrogens is 1. The molecule has 2 aromatic carbocycles. The van der Waals surface area contributed by atoms with E-state index >= 15 is 0 Å². The molecule has 37 heavy (non-hydrogen) atoms. The van der Waals surface area contributed by atoms with E-state index in [1.165, 1.54) is 6.07 Å². The second-order valence-corrected chi connectivity index (χ2v) is 11.4. The van der Waals surface area contributed by atoms with Gasteiger partial charge in [-0.1, -0.05) is 48.5 Å². The molecule has 1 aliphatic heterocycles. The van der Waals surface area contributed by atoms with Crippen molar-refractivity contribution in [3.05, 3.63) is 83.7 Å². The molecule has 196 valence electrons. The zero-order chi connectivity index (χ0) is 26.8. The van der Waals surface area contributed by atoms with E-state index in [0.29, 0.717) is 5.56 Å². The fourth-order valence-corrected chi connectivity index (χ4v) is 6.24. The summed E-state index contributed by atoms with van der Waals surface area (Å²) in [6.45, 7) is 3.09. The van der Waals surface area contributed by atoms with E-state index in [0.717, 1.165) is 17.1 Å². The van der Waals surface area contributed by atoms with Crippen LogP contribution in [0.1, 0.15) is 42.7 Å². The van der Waals surface area contributed by atoms with Gasteiger partial charge in [-0.05, 0) is 44.0 Å². The maximum atomic E-state index is 14.4. The number of ether oxygens (including phenoxy) is 1. The third kappa shape index (κ3) is 5.75. The molecule has 2 atom stereocenters. The zero-order valence-electron chi connectivity index (χ0n) is 21.2. The van der Waals surface area contributed by atoms with Crippen LogP contribution in [0.25, 0.3) is 11.3 Å². The van der Waals surface area contributed by atoms with E-state index in [4.69, 9.17) is 4.74 Å². The van der Waals surface area contributed by atoms with Crippen molar-refractivity contribution < 1.29 is 22.7 Å². The van der Waals surface area contributed by atoms with Crippen molar-refractivity contribution in [1.82, 2.24) is 9.71 Å². The number of nitrogens with zero attached hydrogens (tertiary/aromatic N) is 3. The summed E-state index contributed by atoms with van der Waals surface area (Å²) in [5, 5.41) is 8.45. The van der Waals surface area contributed by atoms with E-state index in [-0.39, 0.29) is 24.6 Å². The number of aliphatic hydroxyl groups excluding tert-OH is 1. The predicted molar refractivity (Wildman–Crippen MR) is 142 cm³/mol. The Morgan fingerprint density at radius 3 is 2.43 bits per heavy atom. The molecule has 2 N–H and O–H groups in total. The Balaban J connectivity index is 1.63. The molecule has 1 aliphatic rings. The summed E-state index contributed by atoms with van der Waals surface area (Å²) in [5.74, 6) is 0.323. The van der Waals surface area contributed by atoms with Gasteiger partial charge in [0.25, 0.3) is 6.02 Å². The number of nitrogens with one attached hydrogen (secondary N) is 1. The van der Waals surface area contributed by atoms with Crippen molar-refractivity contribution in [3.8, 4) is 11.3 Å². The molecule has 0 amide bonds. The summed E-state index contributed by atoms with van der Waals surface area (Å²) in [5.41, 5.74) is 1.23. The Morgan fingerprint density at radius 1 is 1.11 bits per heavy atom. The molecule has 1 saturated heterocycles. The highest BCUT2D eigenvalue weighted by Crippen LogP contribution is 2.39. The Hall–Kier alpha value is -3.50. The lowest BCUT2D eigenvalue weighted by Gasteiger charge is -2.39. The first-order chi connectivity index (χ1) is 17.5. The molecule has 3 aromatic rings. The second-order valence-electron chi connectivity index (χ2n) is 9.61.